The highest BCUT2D eigenvalue weighted by Crippen LogP contribution is 2.50. The molecule has 0 saturated heterocycles. The summed E-state index contributed by atoms with van der Waals surface area (Å²) in [6.45, 7) is 8.80. The monoisotopic (exact) mass is 237 g/mol. The molecule has 96 valence electrons. The van der Waals surface area contributed by atoms with Crippen LogP contribution in [0.2, 0.25) is 0 Å². The molecule has 0 amide bonds. The van der Waals surface area contributed by atoms with Crippen molar-refractivity contribution in [2.75, 3.05) is 0 Å². The minimum Gasteiger partial charge on any atom is -0.339 e. The SMILES string of the molecule is CCCc1nc(C2(N)CC(C)(C)CC2C)no1. The quantitative estimate of drug-likeness (QED) is 0.877. The van der Waals surface area contributed by atoms with E-state index < -0.39 is 5.54 Å². The number of hydrogen-bond acceptors (Lipinski definition) is 4. The van der Waals surface area contributed by atoms with Gasteiger partial charge in [-0.2, -0.15) is 4.98 Å². The third kappa shape index (κ3) is 2.23. The smallest absolute Gasteiger partial charge is 0.226 e. The number of aryl methyl sites for hydroxylation is 1. The topological polar surface area (TPSA) is 64.9 Å². The normalized spacial score (nSPS) is 31.9. The van der Waals surface area contributed by atoms with Crippen LogP contribution in [0.15, 0.2) is 4.52 Å². The molecule has 1 aromatic rings. The van der Waals surface area contributed by atoms with Gasteiger partial charge in [0.25, 0.3) is 0 Å². The molecule has 1 heterocycles. The third-order valence-corrected chi connectivity index (χ3v) is 3.86. The summed E-state index contributed by atoms with van der Waals surface area (Å²) in [5.74, 6) is 1.80. The van der Waals surface area contributed by atoms with Crippen molar-refractivity contribution >= 4 is 0 Å². The highest BCUT2D eigenvalue weighted by molar-refractivity contribution is 5.12. The molecule has 0 bridgehead atoms. The summed E-state index contributed by atoms with van der Waals surface area (Å²) >= 11 is 0. The average Bonchev–Trinajstić information content (AvgIpc) is 2.72. The Balaban J connectivity index is 2.25. The van der Waals surface area contributed by atoms with Gasteiger partial charge in [-0.25, -0.2) is 0 Å². The van der Waals surface area contributed by atoms with Gasteiger partial charge in [0, 0.05) is 6.42 Å². The van der Waals surface area contributed by atoms with Gasteiger partial charge in [-0.3, -0.25) is 0 Å². The van der Waals surface area contributed by atoms with Crippen molar-refractivity contribution < 1.29 is 4.52 Å². The number of hydrogen-bond donors (Lipinski definition) is 1. The van der Waals surface area contributed by atoms with E-state index >= 15 is 0 Å². The minimum absolute atomic E-state index is 0.264. The van der Waals surface area contributed by atoms with Crippen LogP contribution in [-0.4, -0.2) is 10.1 Å². The maximum Gasteiger partial charge on any atom is 0.226 e. The molecule has 0 aromatic carbocycles. The summed E-state index contributed by atoms with van der Waals surface area (Å²) < 4.78 is 5.26. The first-order valence-corrected chi connectivity index (χ1v) is 6.49. The van der Waals surface area contributed by atoms with E-state index in [-0.39, 0.29) is 5.41 Å². The van der Waals surface area contributed by atoms with E-state index in [0.717, 1.165) is 25.7 Å². The zero-order chi connectivity index (χ0) is 12.7. The lowest BCUT2D eigenvalue weighted by Gasteiger charge is -2.25. The van der Waals surface area contributed by atoms with Gasteiger partial charge >= 0.3 is 0 Å². The number of aromatic nitrogens is 2. The predicted molar refractivity (Wildman–Crippen MR) is 66.3 cm³/mol. The van der Waals surface area contributed by atoms with E-state index in [0.29, 0.717) is 17.6 Å². The summed E-state index contributed by atoms with van der Waals surface area (Å²) in [5, 5.41) is 4.09. The van der Waals surface area contributed by atoms with Gasteiger partial charge in [0.2, 0.25) is 5.89 Å². The Morgan fingerprint density at radius 3 is 2.71 bits per heavy atom. The number of nitrogens with two attached hydrogens (primary N) is 1. The van der Waals surface area contributed by atoms with Gasteiger partial charge in [-0.05, 0) is 30.6 Å². The van der Waals surface area contributed by atoms with Gasteiger partial charge in [0.05, 0.1) is 5.54 Å². The average molecular weight is 237 g/mol. The lowest BCUT2D eigenvalue weighted by molar-refractivity contribution is 0.293. The molecule has 2 N–H and O–H groups in total. The largest absolute Gasteiger partial charge is 0.339 e. The summed E-state index contributed by atoms with van der Waals surface area (Å²) in [7, 11) is 0. The molecule has 1 aromatic heterocycles. The van der Waals surface area contributed by atoms with Crippen LogP contribution < -0.4 is 5.73 Å². The maximum atomic E-state index is 6.52. The molecule has 1 aliphatic carbocycles. The minimum atomic E-state index is -0.418. The summed E-state index contributed by atoms with van der Waals surface area (Å²) in [6.07, 6.45) is 3.88. The molecule has 4 heteroatoms. The first-order chi connectivity index (χ1) is 7.87. The second-order valence-electron chi connectivity index (χ2n) is 6.25. The van der Waals surface area contributed by atoms with Crippen LogP contribution in [0, 0.1) is 11.3 Å². The van der Waals surface area contributed by atoms with Gasteiger partial charge in [-0.15, -0.1) is 0 Å². The van der Waals surface area contributed by atoms with Crippen LogP contribution in [0.25, 0.3) is 0 Å². The van der Waals surface area contributed by atoms with Crippen molar-refractivity contribution in [3.05, 3.63) is 11.7 Å². The Morgan fingerprint density at radius 2 is 2.18 bits per heavy atom. The van der Waals surface area contributed by atoms with Crippen molar-refractivity contribution in [2.24, 2.45) is 17.1 Å². The Morgan fingerprint density at radius 1 is 1.47 bits per heavy atom. The Hall–Kier alpha value is -0.900. The molecule has 2 atom stereocenters. The number of nitrogens with zero attached hydrogens (tertiary/aromatic N) is 2. The zero-order valence-electron chi connectivity index (χ0n) is 11.3. The van der Waals surface area contributed by atoms with Crippen molar-refractivity contribution in [3.63, 3.8) is 0 Å². The Kier molecular flexibility index (Phi) is 3.02. The first-order valence-electron chi connectivity index (χ1n) is 6.49. The second kappa shape index (κ2) is 4.09. The zero-order valence-corrected chi connectivity index (χ0v) is 11.3. The summed E-state index contributed by atoms with van der Waals surface area (Å²) in [6, 6.07) is 0. The van der Waals surface area contributed by atoms with Crippen LogP contribution in [-0.2, 0) is 12.0 Å². The van der Waals surface area contributed by atoms with Crippen LogP contribution in [0.5, 0.6) is 0 Å². The molecular weight excluding hydrogens is 214 g/mol. The molecule has 1 fully saturated rings. The second-order valence-corrected chi connectivity index (χ2v) is 6.25. The van der Waals surface area contributed by atoms with Crippen molar-refractivity contribution in [1.29, 1.82) is 0 Å². The van der Waals surface area contributed by atoms with E-state index in [4.69, 9.17) is 10.3 Å². The highest BCUT2D eigenvalue weighted by atomic mass is 16.5. The Bertz CT molecular complexity index is 399. The highest BCUT2D eigenvalue weighted by Gasteiger charge is 2.49. The first kappa shape index (κ1) is 12.6. The molecule has 0 spiro atoms. The standard InChI is InChI=1S/C13H23N3O/c1-5-6-10-15-11(16-17-10)13(14)8-12(3,4)7-9(13)2/h9H,5-8,14H2,1-4H3. The summed E-state index contributed by atoms with van der Waals surface area (Å²) in [5.41, 5.74) is 6.37. The molecule has 1 saturated carbocycles. The molecule has 0 radical (unpaired) electrons. The fourth-order valence-corrected chi connectivity index (χ4v) is 3.11. The van der Waals surface area contributed by atoms with E-state index in [1.54, 1.807) is 0 Å². The molecular formula is C13H23N3O. The van der Waals surface area contributed by atoms with Crippen molar-refractivity contribution in [3.8, 4) is 0 Å². The van der Waals surface area contributed by atoms with E-state index in [2.05, 4.69) is 37.8 Å². The lowest BCUT2D eigenvalue weighted by Crippen LogP contribution is -2.40. The maximum absolute atomic E-state index is 6.52. The van der Waals surface area contributed by atoms with E-state index in [1.165, 1.54) is 0 Å². The van der Waals surface area contributed by atoms with Gasteiger partial charge < -0.3 is 10.3 Å². The van der Waals surface area contributed by atoms with Crippen LogP contribution in [0.3, 0.4) is 0 Å². The third-order valence-electron chi connectivity index (χ3n) is 3.86. The molecule has 1 aliphatic rings. The fourth-order valence-electron chi connectivity index (χ4n) is 3.11. The molecule has 2 rings (SSSR count). The van der Waals surface area contributed by atoms with Crippen molar-refractivity contribution in [2.45, 2.75) is 58.9 Å². The van der Waals surface area contributed by atoms with Crippen LogP contribution in [0.4, 0.5) is 0 Å². The molecule has 4 nitrogen and oxygen atoms in total. The van der Waals surface area contributed by atoms with Crippen molar-refractivity contribution in [1.82, 2.24) is 10.1 Å². The predicted octanol–water partition coefficient (Wildman–Crippen LogP) is 2.63. The molecule has 0 aliphatic heterocycles. The van der Waals surface area contributed by atoms with E-state index in [1.807, 2.05) is 0 Å². The van der Waals surface area contributed by atoms with Crippen LogP contribution in [0.1, 0.15) is 58.7 Å². The van der Waals surface area contributed by atoms with Gasteiger partial charge in [0.15, 0.2) is 5.82 Å². The molecule has 2 unspecified atom stereocenters. The number of rotatable bonds is 3. The van der Waals surface area contributed by atoms with Gasteiger partial charge in [-0.1, -0.05) is 32.9 Å². The fraction of sp³-hybridized carbons (Fsp3) is 0.846. The van der Waals surface area contributed by atoms with Gasteiger partial charge in [0.1, 0.15) is 0 Å². The van der Waals surface area contributed by atoms with Crippen LogP contribution >= 0.6 is 0 Å². The van der Waals surface area contributed by atoms with E-state index in [9.17, 15) is 0 Å². The lowest BCUT2D eigenvalue weighted by atomic mass is 9.86. The summed E-state index contributed by atoms with van der Waals surface area (Å²) in [4.78, 5) is 4.47. The molecule has 17 heavy (non-hydrogen) atoms. The Labute approximate surface area is 103 Å².